The summed E-state index contributed by atoms with van der Waals surface area (Å²) in [5.41, 5.74) is 2.20. The molecular formula is C16H11Cl2N3O2. The molecule has 1 aromatic heterocycles. The van der Waals surface area contributed by atoms with Crippen LogP contribution in [0.4, 0.5) is 5.69 Å². The van der Waals surface area contributed by atoms with Gasteiger partial charge in [-0.1, -0.05) is 34.4 Å². The summed E-state index contributed by atoms with van der Waals surface area (Å²) in [6.07, 6.45) is 1.43. The smallest absolute Gasteiger partial charge is 0.228 e. The summed E-state index contributed by atoms with van der Waals surface area (Å²) < 4.78 is 4.70. The molecule has 0 aliphatic carbocycles. The molecule has 7 heteroatoms. The van der Waals surface area contributed by atoms with Crippen molar-refractivity contribution in [2.24, 2.45) is 0 Å². The van der Waals surface area contributed by atoms with Gasteiger partial charge < -0.3 is 9.84 Å². The van der Waals surface area contributed by atoms with Crippen LogP contribution >= 0.6 is 23.2 Å². The summed E-state index contributed by atoms with van der Waals surface area (Å²) in [5, 5.41) is 7.57. The zero-order valence-electron chi connectivity index (χ0n) is 11.8. The number of carbonyl (C=O) groups is 1. The first-order valence-electron chi connectivity index (χ1n) is 6.72. The Morgan fingerprint density at radius 3 is 2.57 bits per heavy atom. The van der Waals surface area contributed by atoms with Gasteiger partial charge in [-0.3, -0.25) is 4.79 Å². The molecule has 23 heavy (non-hydrogen) atoms. The number of hydrogen-bond acceptors (Lipinski definition) is 4. The molecule has 5 nitrogen and oxygen atoms in total. The number of halogens is 2. The quantitative estimate of drug-likeness (QED) is 0.766. The van der Waals surface area contributed by atoms with Crippen LogP contribution in [0.3, 0.4) is 0 Å². The molecule has 2 aromatic carbocycles. The number of hydrogen-bond donors (Lipinski definition) is 1. The van der Waals surface area contributed by atoms with Gasteiger partial charge in [0.25, 0.3) is 0 Å². The van der Waals surface area contributed by atoms with Crippen LogP contribution in [0.25, 0.3) is 11.4 Å². The second-order valence-electron chi connectivity index (χ2n) is 4.79. The summed E-state index contributed by atoms with van der Waals surface area (Å²) in [5.74, 6) is 0.331. The standard InChI is InChI=1S/C16H11Cl2N3O2/c17-12-4-1-11(14(18)8-12)7-15(22)20-13-5-2-10(3-6-13)16-19-9-23-21-16/h1-6,8-9H,7H2,(H,20,22). The van der Waals surface area contributed by atoms with Crippen LogP contribution in [0.5, 0.6) is 0 Å². The average molecular weight is 348 g/mol. The van der Waals surface area contributed by atoms with Gasteiger partial charge in [0.15, 0.2) is 0 Å². The lowest BCUT2D eigenvalue weighted by molar-refractivity contribution is -0.115. The van der Waals surface area contributed by atoms with Crippen molar-refractivity contribution in [2.45, 2.75) is 6.42 Å². The summed E-state index contributed by atoms with van der Waals surface area (Å²) in [4.78, 5) is 16.0. The third kappa shape index (κ3) is 3.88. The summed E-state index contributed by atoms with van der Waals surface area (Å²) >= 11 is 11.9. The molecule has 1 N–H and O–H groups in total. The van der Waals surface area contributed by atoms with Crippen molar-refractivity contribution in [1.82, 2.24) is 10.1 Å². The second-order valence-corrected chi connectivity index (χ2v) is 5.64. The van der Waals surface area contributed by atoms with Gasteiger partial charge >= 0.3 is 0 Å². The first-order chi connectivity index (χ1) is 11.1. The number of rotatable bonds is 4. The molecule has 0 bridgehead atoms. The zero-order chi connectivity index (χ0) is 16.2. The van der Waals surface area contributed by atoms with Crippen LogP contribution in [-0.4, -0.2) is 16.0 Å². The molecule has 0 unspecified atom stereocenters. The minimum absolute atomic E-state index is 0.165. The van der Waals surface area contributed by atoms with Crippen molar-refractivity contribution in [1.29, 1.82) is 0 Å². The Bertz CT molecular complexity index is 818. The highest BCUT2D eigenvalue weighted by molar-refractivity contribution is 6.35. The monoisotopic (exact) mass is 347 g/mol. The van der Waals surface area contributed by atoms with E-state index < -0.39 is 0 Å². The van der Waals surface area contributed by atoms with Gasteiger partial charge in [0, 0.05) is 21.3 Å². The number of anilines is 1. The van der Waals surface area contributed by atoms with E-state index in [4.69, 9.17) is 27.7 Å². The molecule has 3 aromatic rings. The maximum absolute atomic E-state index is 12.1. The predicted molar refractivity (Wildman–Crippen MR) is 88.5 cm³/mol. The first kappa shape index (κ1) is 15.5. The van der Waals surface area contributed by atoms with E-state index in [1.165, 1.54) is 6.39 Å². The fraction of sp³-hybridized carbons (Fsp3) is 0.0625. The minimum atomic E-state index is -0.165. The Kier molecular flexibility index (Phi) is 4.60. The Morgan fingerprint density at radius 1 is 1.13 bits per heavy atom. The molecule has 0 saturated carbocycles. The molecule has 0 aliphatic rings. The van der Waals surface area contributed by atoms with Crippen LogP contribution in [0.2, 0.25) is 10.0 Å². The Labute approximate surface area is 142 Å². The van der Waals surface area contributed by atoms with Crippen LogP contribution in [0, 0.1) is 0 Å². The SMILES string of the molecule is O=C(Cc1ccc(Cl)cc1Cl)Nc1ccc(-c2ncon2)cc1. The van der Waals surface area contributed by atoms with Gasteiger partial charge in [-0.2, -0.15) is 4.98 Å². The summed E-state index contributed by atoms with van der Waals surface area (Å²) in [6.45, 7) is 0. The molecule has 0 radical (unpaired) electrons. The maximum Gasteiger partial charge on any atom is 0.228 e. The topological polar surface area (TPSA) is 68.0 Å². The molecule has 0 atom stereocenters. The van der Waals surface area contributed by atoms with E-state index in [1.54, 1.807) is 42.5 Å². The van der Waals surface area contributed by atoms with Crippen LogP contribution in [0.1, 0.15) is 5.56 Å². The largest absolute Gasteiger partial charge is 0.342 e. The highest BCUT2D eigenvalue weighted by Crippen LogP contribution is 2.22. The van der Waals surface area contributed by atoms with E-state index in [9.17, 15) is 4.79 Å². The number of amides is 1. The number of aromatic nitrogens is 2. The predicted octanol–water partition coefficient (Wildman–Crippen LogP) is 4.22. The zero-order valence-corrected chi connectivity index (χ0v) is 13.3. The van der Waals surface area contributed by atoms with Crippen LogP contribution < -0.4 is 5.32 Å². The highest BCUT2D eigenvalue weighted by Gasteiger charge is 2.09. The summed E-state index contributed by atoms with van der Waals surface area (Å²) in [6, 6.07) is 12.2. The van der Waals surface area contributed by atoms with E-state index in [0.29, 0.717) is 21.6 Å². The maximum atomic E-state index is 12.1. The second kappa shape index (κ2) is 6.81. The lowest BCUT2D eigenvalue weighted by atomic mass is 10.1. The van der Waals surface area contributed by atoms with Gasteiger partial charge in [-0.15, -0.1) is 0 Å². The van der Waals surface area contributed by atoms with E-state index in [1.807, 2.05) is 0 Å². The van der Waals surface area contributed by atoms with E-state index >= 15 is 0 Å². The van der Waals surface area contributed by atoms with Crippen LogP contribution in [-0.2, 0) is 11.2 Å². The third-order valence-corrected chi connectivity index (χ3v) is 3.74. The number of carbonyl (C=O) groups excluding carboxylic acids is 1. The molecule has 0 saturated heterocycles. The van der Waals surface area contributed by atoms with Crippen molar-refractivity contribution in [3.8, 4) is 11.4 Å². The van der Waals surface area contributed by atoms with Crippen molar-refractivity contribution < 1.29 is 9.32 Å². The van der Waals surface area contributed by atoms with Crippen molar-refractivity contribution in [2.75, 3.05) is 5.32 Å². The van der Waals surface area contributed by atoms with Crippen LogP contribution in [0.15, 0.2) is 53.4 Å². The van der Waals surface area contributed by atoms with Gasteiger partial charge in [-0.05, 0) is 42.0 Å². The lowest BCUT2D eigenvalue weighted by Crippen LogP contribution is -2.14. The van der Waals surface area contributed by atoms with Gasteiger partial charge in [-0.25, -0.2) is 0 Å². The molecule has 1 heterocycles. The van der Waals surface area contributed by atoms with Crippen molar-refractivity contribution >= 4 is 34.8 Å². The lowest BCUT2D eigenvalue weighted by Gasteiger charge is -2.07. The number of nitrogens with one attached hydrogen (secondary N) is 1. The molecule has 0 aliphatic heterocycles. The summed E-state index contributed by atoms with van der Waals surface area (Å²) in [7, 11) is 0. The van der Waals surface area contributed by atoms with Gasteiger partial charge in [0.2, 0.25) is 18.1 Å². The number of nitrogens with zero attached hydrogens (tertiary/aromatic N) is 2. The van der Waals surface area contributed by atoms with E-state index in [-0.39, 0.29) is 12.3 Å². The molecule has 0 spiro atoms. The van der Waals surface area contributed by atoms with Gasteiger partial charge in [0.1, 0.15) is 0 Å². The van der Waals surface area contributed by atoms with Crippen molar-refractivity contribution in [3.05, 3.63) is 64.5 Å². The average Bonchev–Trinajstić information content (AvgIpc) is 3.05. The molecule has 0 fully saturated rings. The molecule has 116 valence electrons. The minimum Gasteiger partial charge on any atom is -0.342 e. The van der Waals surface area contributed by atoms with E-state index in [2.05, 4.69) is 15.5 Å². The highest BCUT2D eigenvalue weighted by atomic mass is 35.5. The molecule has 3 rings (SSSR count). The Morgan fingerprint density at radius 2 is 1.91 bits per heavy atom. The fourth-order valence-electron chi connectivity index (χ4n) is 2.04. The molecule has 1 amide bonds. The third-order valence-electron chi connectivity index (χ3n) is 3.15. The van der Waals surface area contributed by atoms with Gasteiger partial charge in [0.05, 0.1) is 6.42 Å². The Balaban J connectivity index is 1.66. The Hall–Kier alpha value is -2.37. The molecular weight excluding hydrogens is 337 g/mol. The fourth-order valence-corrected chi connectivity index (χ4v) is 2.52. The first-order valence-corrected chi connectivity index (χ1v) is 7.48. The van der Waals surface area contributed by atoms with E-state index in [0.717, 1.165) is 11.1 Å². The normalized spacial score (nSPS) is 10.5. The number of benzene rings is 2. The van der Waals surface area contributed by atoms with Crippen molar-refractivity contribution in [3.63, 3.8) is 0 Å².